The third-order valence-electron chi connectivity index (χ3n) is 3.97. The summed E-state index contributed by atoms with van der Waals surface area (Å²) in [5, 5.41) is 19.7. The number of fused-ring (bicyclic) bond motifs is 1. The van der Waals surface area contributed by atoms with Gasteiger partial charge in [-0.15, -0.1) is 0 Å². The lowest BCUT2D eigenvalue weighted by Crippen LogP contribution is -2.32. The molecule has 1 aromatic carbocycles. The molecule has 0 atom stereocenters. The number of nitrogens with zero attached hydrogens (tertiary/aromatic N) is 3. The van der Waals surface area contributed by atoms with Gasteiger partial charge in [-0.05, 0) is 31.4 Å². The van der Waals surface area contributed by atoms with Crippen LogP contribution >= 0.6 is 24.0 Å². The van der Waals surface area contributed by atoms with Crippen molar-refractivity contribution in [2.75, 3.05) is 18.8 Å². The Balaban J connectivity index is 1.73. The van der Waals surface area contributed by atoms with Gasteiger partial charge in [0.15, 0.2) is 5.82 Å². The average Bonchev–Trinajstić information content (AvgIpc) is 3.04. The first-order chi connectivity index (χ1) is 11.7. The van der Waals surface area contributed by atoms with Gasteiger partial charge in [0.1, 0.15) is 21.7 Å². The highest BCUT2D eigenvalue weighted by molar-refractivity contribution is 8.23. The number of nitriles is 1. The Morgan fingerprint density at radius 1 is 1.33 bits per heavy atom. The quantitative estimate of drug-likeness (QED) is 0.493. The van der Waals surface area contributed by atoms with Gasteiger partial charge in [0.05, 0.1) is 16.8 Å². The van der Waals surface area contributed by atoms with Crippen LogP contribution in [0.25, 0.3) is 16.6 Å². The normalized spacial score (nSPS) is 15.9. The lowest BCUT2D eigenvalue weighted by atomic mass is 10.1. The number of benzene rings is 1. The van der Waals surface area contributed by atoms with Crippen LogP contribution in [0, 0.1) is 11.3 Å². The van der Waals surface area contributed by atoms with Crippen LogP contribution in [0.5, 0.6) is 0 Å². The highest BCUT2D eigenvalue weighted by Gasteiger charge is 2.17. The van der Waals surface area contributed by atoms with E-state index >= 15 is 0 Å². The monoisotopic (exact) mass is 358 g/mol. The Bertz CT molecular complexity index is 782. The molecule has 1 aliphatic heterocycles. The molecule has 1 aliphatic rings. The highest BCUT2D eigenvalue weighted by atomic mass is 32.2. The van der Waals surface area contributed by atoms with E-state index in [1.54, 1.807) is 0 Å². The fourth-order valence-corrected chi connectivity index (χ4v) is 3.82. The summed E-state index contributed by atoms with van der Waals surface area (Å²) in [6.07, 6.45) is 3.56. The van der Waals surface area contributed by atoms with Crippen LogP contribution < -0.4 is 0 Å². The molecule has 7 heteroatoms. The van der Waals surface area contributed by atoms with Crippen LogP contribution in [0.4, 0.5) is 0 Å². The Kier molecular flexibility index (Phi) is 5.38. The van der Waals surface area contributed by atoms with Crippen molar-refractivity contribution in [3.8, 4) is 6.07 Å². The molecular formula is C17H18N4OS2. The average molecular weight is 358 g/mol. The van der Waals surface area contributed by atoms with E-state index in [9.17, 15) is 10.4 Å². The molecule has 24 heavy (non-hydrogen) atoms. The van der Waals surface area contributed by atoms with Gasteiger partial charge < -0.3 is 15.0 Å². The lowest BCUT2D eigenvalue weighted by Gasteiger charge is -2.28. The number of aliphatic hydroxyl groups is 1. The first kappa shape index (κ1) is 16.8. The molecule has 124 valence electrons. The summed E-state index contributed by atoms with van der Waals surface area (Å²) in [7, 11) is 0. The number of nitrogens with one attached hydrogen (secondary N) is 1. The van der Waals surface area contributed by atoms with Crippen molar-refractivity contribution in [3.05, 3.63) is 35.8 Å². The fraction of sp³-hybridized carbons (Fsp3) is 0.353. The Labute approximate surface area is 150 Å². The summed E-state index contributed by atoms with van der Waals surface area (Å²) in [6, 6.07) is 9.58. The molecule has 5 nitrogen and oxygen atoms in total. The minimum atomic E-state index is 0.000848. The second-order valence-corrected chi connectivity index (χ2v) is 7.25. The van der Waals surface area contributed by atoms with Gasteiger partial charge in [-0.25, -0.2) is 4.98 Å². The van der Waals surface area contributed by atoms with Crippen LogP contribution in [0.1, 0.15) is 25.1 Å². The first-order valence-electron chi connectivity index (χ1n) is 7.88. The maximum Gasteiger partial charge on any atom is 0.152 e. The molecule has 0 radical (unpaired) electrons. The zero-order valence-corrected chi connectivity index (χ0v) is 14.8. The maximum absolute atomic E-state index is 10.3. The topological polar surface area (TPSA) is 75.9 Å². The van der Waals surface area contributed by atoms with Gasteiger partial charge in [0, 0.05) is 13.1 Å². The number of hydrogen-bond donors (Lipinski definition) is 2. The second kappa shape index (κ2) is 7.69. The minimum absolute atomic E-state index is 0.000848. The highest BCUT2D eigenvalue weighted by Crippen LogP contribution is 2.23. The van der Waals surface area contributed by atoms with E-state index in [2.05, 4.69) is 14.9 Å². The number of imidazole rings is 1. The molecule has 2 N–H and O–H groups in total. The van der Waals surface area contributed by atoms with Gasteiger partial charge in [-0.1, -0.05) is 36.1 Å². The van der Waals surface area contributed by atoms with Crippen molar-refractivity contribution in [3.63, 3.8) is 0 Å². The van der Waals surface area contributed by atoms with Crippen LogP contribution in [-0.4, -0.2) is 43.1 Å². The van der Waals surface area contributed by atoms with E-state index in [4.69, 9.17) is 12.2 Å². The van der Waals surface area contributed by atoms with Crippen LogP contribution in [-0.2, 0) is 0 Å². The number of thioether (sulfide) groups is 1. The Morgan fingerprint density at radius 3 is 2.79 bits per heavy atom. The van der Waals surface area contributed by atoms with Crippen molar-refractivity contribution in [2.24, 2.45) is 0 Å². The van der Waals surface area contributed by atoms with Gasteiger partial charge in [0.2, 0.25) is 0 Å². The van der Waals surface area contributed by atoms with Crippen molar-refractivity contribution in [1.82, 2.24) is 14.9 Å². The van der Waals surface area contributed by atoms with Crippen molar-refractivity contribution >= 4 is 44.9 Å². The molecule has 1 fully saturated rings. The molecule has 3 rings (SSSR count). The summed E-state index contributed by atoms with van der Waals surface area (Å²) in [4.78, 5) is 9.62. The summed E-state index contributed by atoms with van der Waals surface area (Å²) < 4.78 is 0.781. The zero-order valence-electron chi connectivity index (χ0n) is 13.2. The molecule has 0 aliphatic carbocycles. The predicted octanol–water partition coefficient (Wildman–Crippen LogP) is 3.86. The molecular weight excluding hydrogens is 340 g/mol. The summed E-state index contributed by atoms with van der Waals surface area (Å²) in [5.74, 6) is 0.663. The molecule has 0 unspecified atom stereocenters. The zero-order chi connectivity index (χ0) is 16.9. The van der Waals surface area contributed by atoms with E-state index in [0.717, 1.165) is 41.3 Å². The molecule has 0 bridgehead atoms. The van der Waals surface area contributed by atoms with Gasteiger partial charge in [-0.3, -0.25) is 0 Å². The van der Waals surface area contributed by atoms with E-state index in [0.29, 0.717) is 5.82 Å². The smallest absolute Gasteiger partial charge is 0.152 e. The van der Waals surface area contributed by atoms with Crippen LogP contribution in [0.15, 0.2) is 30.0 Å². The van der Waals surface area contributed by atoms with Crippen molar-refractivity contribution in [2.45, 2.75) is 19.3 Å². The molecule has 0 amide bonds. The van der Waals surface area contributed by atoms with Crippen LogP contribution in [0.3, 0.4) is 0 Å². The molecule has 0 saturated carbocycles. The Morgan fingerprint density at radius 2 is 2.08 bits per heavy atom. The summed E-state index contributed by atoms with van der Waals surface area (Å²) in [6.45, 7) is 1.95. The van der Waals surface area contributed by atoms with Crippen LogP contribution in [0.2, 0.25) is 0 Å². The van der Waals surface area contributed by atoms with Gasteiger partial charge in [0.25, 0.3) is 0 Å². The predicted molar refractivity (Wildman–Crippen MR) is 102 cm³/mol. The number of aromatic amines is 1. The number of allylic oxidation sites excluding steroid dienone is 1. The number of aromatic nitrogens is 2. The standard InChI is InChI=1S/C17H18N4OS2/c18-10-12(16-19-13-6-2-3-7-14(13)20-16)15(22)11-24-17(23)21-8-4-1-5-9-21/h2-3,6-7,22H,1,4-5,8-9,11H2,(H,19,20)/b15-12-. The van der Waals surface area contributed by atoms with E-state index in [1.807, 2.05) is 30.3 Å². The van der Waals surface area contributed by atoms with E-state index in [-0.39, 0.29) is 17.1 Å². The lowest BCUT2D eigenvalue weighted by molar-refractivity contribution is 0.352. The molecule has 1 saturated heterocycles. The first-order valence-corrected chi connectivity index (χ1v) is 9.27. The number of likely N-dealkylation sites (tertiary alicyclic amines) is 1. The second-order valence-electron chi connectivity index (χ2n) is 5.64. The number of para-hydroxylation sites is 2. The molecule has 1 aromatic heterocycles. The minimum Gasteiger partial charge on any atom is -0.510 e. The number of thiocarbonyl (C=S) groups is 1. The molecule has 2 aromatic rings. The number of aliphatic hydroxyl groups excluding tert-OH is 1. The largest absolute Gasteiger partial charge is 0.510 e. The third kappa shape index (κ3) is 3.71. The summed E-state index contributed by atoms with van der Waals surface area (Å²) >= 11 is 6.83. The van der Waals surface area contributed by atoms with Gasteiger partial charge >= 0.3 is 0 Å². The number of rotatable bonds is 3. The van der Waals surface area contributed by atoms with Crippen molar-refractivity contribution in [1.29, 1.82) is 5.26 Å². The van der Waals surface area contributed by atoms with E-state index in [1.165, 1.54) is 18.2 Å². The molecule has 2 heterocycles. The maximum atomic E-state index is 10.3. The number of H-pyrrole nitrogens is 1. The van der Waals surface area contributed by atoms with Gasteiger partial charge in [-0.2, -0.15) is 5.26 Å². The van der Waals surface area contributed by atoms with E-state index < -0.39 is 0 Å². The molecule has 0 spiro atoms. The Hall–Kier alpha value is -2.04. The number of piperidine rings is 1. The third-order valence-corrected chi connectivity index (χ3v) is 5.51. The SMILES string of the molecule is N#C/C(=C(/O)CSC(=S)N1CCCCC1)c1nc2ccccc2[nH]1. The summed E-state index contributed by atoms with van der Waals surface area (Å²) in [5.41, 5.74) is 1.77. The fourth-order valence-electron chi connectivity index (χ4n) is 2.70. The van der Waals surface area contributed by atoms with Crippen molar-refractivity contribution < 1.29 is 5.11 Å². The number of hydrogen-bond acceptors (Lipinski definition) is 5.